The summed E-state index contributed by atoms with van der Waals surface area (Å²) in [6.45, 7) is 2.73. The van der Waals surface area contributed by atoms with E-state index in [0.29, 0.717) is 12.1 Å². The summed E-state index contributed by atoms with van der Waals surface area (Å²) in [6.07, 6.45) is -0.343. The summed E-state index contributed by atoms with van der Waals surface area (Å²) in [5.41, 5.74) is 3.98. The van der Waals surface area contributed by atoms with Crippen molar-refractivity contribution in [3.05, 3.63) is 70.8 Å². The van der Waals surface area contributed by atoms with Gasteiger partial charge in [-0.2, -0.15) is 0 Å². The number of aryl methyl sites for hydroxylation is 1. The van der Waals surface area contributed by atoms with Gasteiger partial charge in [0.15, 0.2) is 6.23 Å². The first-order valence-corrected chi connectivity index (χ1v) is 6.33. The number of nitrogens with one attached hydrogen (secondary N) is 1. The molecular weight excluding hydrogens is 238 g/mol. The van der Waals surface area contributed by atoms with Crippen molar-refractivity contribution < 1.29 is 9.53 Å². The minimum atomic E-state index is -0.343. The number of rotatable bonds is 3. The SMILES string of the molecule is Cc1ccc(CNC2OC(=O)c3ccccc32)cc1. The average molecular weight is 253 g/mol. The number of esters is 1. The third kappa shape index (κ3) is 2.37. The van der Waals surface area contributed by atoms with Crippen LogP contribution in [0.4, 0.5) is 0 Å². The molecule has 0 aliphatic carbocycles. The zero-order valence-electron chi connectivity index (χ0n) is 10.7. The van der Waals surface area contributed by atoms with Crippen molar-refractivity contribution in [3.8, 4) is 0 Å². The Morgan fingerprint density at radius 2 is 1.84 bits per heavy atom. The van der Waals surface area contributed by atoms with Crippen LogP contribution in [0.15, 0.2) is 48.5 Å². The Bertz CT molecular complexity index is 604. The molecule has 0 radical (unpaired) electrons. The highest BCUT2D eigenvalue weighted by Crippen LogP contribution is 2.28. The van der Waals surface area contributed by atoms with Crippen LogP contribution in [0.3, 0.4) is 0 Å². The van der Waals surface area contributed by atoms with Gasteiger partial charge in [0.2, 0.25) is 0 Å². The van der Waals surface area contributed by atoms with E-state index < -0.39 is 0 Å². The summed E-state index contributed by atoms with van der Waals surface area (Å²) < 4.78 is 5.33. The minimum Gasteiger partial charge on any atom is -0.439 e. The maximum absolute atomic E-state index is 11.7. The molecule has 0 saturated heterocycles. The fourth-order valence-corrected chi connectivity index (χ4v) is 2.21. The lowest BCUT2D eigenvalue weighted by Crippen LogP contribution is -2.20. The predicted octanol–water partition coefficient (Wildman–Crippen LogP) is 2.95. The van der Waals surface area contributed by atoms with Crippen LogP contribution < -0.4 is 5.32 Å². The molecule has 19 heavy (non-hydrogen) atoms. The van der Waals surface area contributed by atoms with E-state index in [1.54, 1.807) is 6.07 Å². The van der Waals surface area contributed by atoms with Crippen molar-refractivity contribution in [3.63, 3.8) is 0 Å². The van der Waals surface area contributed by atoms with Crippen LogP contribution in [0, 0.1) is 6.92 Å². The molecule has 96 valence electrons. The van der Waals surface area contributed by atoms with Gasteiger partial charge in [-0.3, -0.25) is 5.32 Å². The first kappa shape index (κ1) is 11.9. The Balaban J connectivity index is 1.72. The van der Waals surface area contributed by atoms with Crippen molar-refractivity contribution >= 4 is 5.97 Å². The van der Waals surface area contributed by atoms with Gasteiger partial charge in [0.1, 0.15) is 0 Å². The standard InChI is InChI=1S/C16H15NO2/c1-11-6-8-12(9-7-11)10-17-15-13-4-2-3-5-14(13)16(18)19-15/h2-9,15,17H,10H2,1H3. The highest BCUT2D eigenvalue weighted by atomic mass is 16.6. The molecule has 0 aromatic heterocycles. The molecule has 0 amide bonds. The third-order valence-corrected chi connectivity index (χ3v) is 3.30. The molecule has 2 aromatic rings. The quantitative estimate of drug-likeness (QED) is 0.855. The molecule has 2 aromatic carbocycles. The highest BCUT2D eigenvalue weighted by Gasteiger charge is 2.29. The third-order valence-electron chi connectivity index (χ3n) is 3.30. The number of cyclic esters (lactones) is 1. The van der Waals surface area contributed by atoms with E-state index in [2.05, 4.69) is 36.5 Å². The second-order valence-electron chi connectivity index (χ2n) is 4.74. The molecule has 0 fully saturated rings. The van der Waals surface area contributed by atoms with Crippen molar-refractivity contribution in [2.24, 2.45) is 0 Å². The normalized spacial score (nSPS) is 17.1. The van der Waals surface area contributed by atoms with Gasteiger partial charge in [0, 0.05) is 12.1 Å². The molecule has 1 atom stereocenters. The minimum absolute atomic E-state index is 0.253. The van der Waals surface area contributed by atoms with E-state index in [1.165, 1.54) is 11.1 Å². The van der Waals surface area contributed by atoms with E-state index in [-0.39, 0.29) is 12.2 Å². The van der Waals surface area contributed by atoms with E-state index in [1.807, 2.05) is 18.2 Å². The van der Waals surface area contributed by atoms with E-state index >= 15 is 0 Å². The largest absolute Gasteiger partial charge is 0.439 e. The van der Waals surface area contributed by atoms with Gasteiger partial charge in [0.05, 0.1) is 5.56 Å². The Hall–Kier alpha value is -2.13. The highest BCUT2D eigenvalue weighted by molar-refractivity contribution is 5.93. The van der Waals surface area contributed by atoms with Crippen LogP contribution >= 0.6 is 0 Å². The van der Waals surface area contributed by atoms with Crippen molar-refractivity contribution in [2.45, 2.75) is 19.7 Å². The van der Waals surface area contributed by atoms with Gasteiger partial charge in [-0.15, -0.1) is 0 Å². The molecule has 0 bridgehead atoms. The second kappa shape index (κ2) is 4.86. The lowest BCUT2D eigenvalue weighted by molar-refractivity contribution is 0.0303. The van der Waals surface area contributed by atoms with Crippen molar-refractivity contribution in [2.75, 3.05) is 0 Å². The van der Waals surface area contributed by atoms with Crippen LogP contribution in [0.5, 0.6) is 0 Å². The molecule has 1 aliphatic heterocycles. The summed E-state index contributed by atoms with van der Waals surface area (Å²) in [5, 5.41) is 3.26. The summed E-state index contributed by atoms with van der Waals surface area (Å²) in [5.74, 6) is -0.253. The first-order chi connectivity index (χ1) is 9.24. The van der Waals surface area contributed by atoms with Crippen LogP contribution in [0.2, 0.25) is 0 Å². The maximum Gasteiger partial charge on any atom is 0.340 e. The van der Waals surface area contributed by atoms with Gasteiger partial charge < -0.3 is 4.74 Å². The Labute approximate surface area is 112 Å². The lowest BCUT2D eigenvalue weighted by atomic mass is 10.1. The molecule has 3 heteroatoms. The summed E-state index contributed by atoms with van der Waals surface area (Å²) >= 11 is 0. The summed E-state index contributed by atoms with van der Waals surface area (Å²) in [7, 11) is 0. The van der Waals surface area contributed by atoms with Crippen LogP contribution in [-0.2, 0) is 11.3 Å². The number of hydrogen-bond donors (Lipinski definition) is 1. The summed E-state index contributed by atoms with van der Waals surface area (Å²) in [6, 6.07) is 15.8. The predicted molar refractivity (Wildman–Crippen MR) is 72.6 cm³/mol. The Morgan fingerprint density at radius 1 is 1.11 bits per heavy atom. The molecule has 1 N–H and O–H groups in total. The number of hydrogen-bond acceptors (Lipinski definition) is 3. The summed E-state index contributed by atoms with van der Waals surface area (Å²) in [4.78, 5) is 11.7. The van der Waals surface area contributed by atoms with Crippen LogP contribution in [-0.4, -0.2) is 5.97 Å². The van der Waals surface area contributed by atoms with Gasteiger partial charge in [-0.05, 0) is 18.6 Å². The molecule has 1 unspecified atom stereocenters. The molecule has 3 rings (SSSR count). The molecule has 3 nitrogen and oxygen atoms in total. The molecule has 0 spiro atoms. The number of benzene rings is 2. The molecule has 1 heterocycles. The maximum atomic E-state index is 11.7. The van der Waals surface area contributed by atoms with E-state index in [4.69, 9.17) is 4.74 Å². The zero-order chi connectivity index (χ0) is 13.2. The van der Waals surface area contributed by atoms with Crippen molar-refractivity contribution in [1.29, 1.82) is 0 Å². The smallest absolute Gasteiger partial charge is 0.340 e. The average Bonchev–Trinajstić information content (AvgIpc) is 2.76. The van der Waals surface area contributed by atoms with Gasteiger partial charge in [-0.25, -0.2) is 4.79 Å². The topological polar surface area (TPSA) is 38.3 Å². The Kier molecular flexibility index (Phi) is 3.05. The number of carbonyl (C=O) groups excluding carboxylic acids is 1. The molecular formula is C16H15NO2. The fourth-order valence-electron chi connectivity index (χ4n) is 2.21. The monoisotopic (exact) mass is 253 g/mol. The van der Waals surface area contributed by atoms with Crippen LogP contribution in [0.25, 0.3) is 0 Å². The van der Waals surface area contributed by atoms with E-state index in [9.17, 15) is 4.79 Å². The Morgan fingerprint density at radius 3 is 2.63 bits per heavy atom. The molecule has 0 saturated carbocycles. The number of ether oxygens (including phenoxy) is 1. The first-order valence-electron chi connectivity index (χ1n) is 6.33. The van der Waals surface area contributed by atoms with Crippen molar-refractivity contribution in [1.82, 2.24) is 5.32 Å². The van der Waals surface area contributed by atoms with Gasteiger partial charge in [-0.1, -0.05) is 48.0 Å². The lowest BCUT2D eigenvalue weighted by Gasteiger charge is -2.13. The van der Waals surface area contributed by atoms with Crippen LogP contribution in [0.1, 0.15) is 33.3 Å². The number of fused-ring (bicyclic) bond motifs is 1. The zero-order valence-corrected chi connectivity index (χ0v) is 10.7. The van der Waals surface area contributed by atoms with E-state index in [0.717, 1.165) is 5.56 Å². The fraction of sp³-hybridized carbons (Fsp3) is 0.188. The van der Waals surface area contributed by atoms with Gasteiger partial charge in [0.25, 0.3) is 0 Å². The molecule has 1 aliphatic rings. The second-order valence-corrected chi connectivity index (χ2v) is 4.74. The number of carbonyl (C=O) groups is 1. The van der Waals surface area contributed by atoms with Gasteiger partial charge >= 0.3 is 5.97 Å².